The number of para-hydroxylation sites is 1. The summed E-state index contributed by atoms with van der Waals surface area (Å²) in [6.45, 7) is 2.75. The number of hydrogen-bond acceptors (Lipinski definition) is 3. The van der Waals surface area contributed by atoms with Crippen LogP contribution in [0.4, 0.5) is 10.5 Å². The van der Waals surface area contributed by atoms with E-state index in [0.29, 0.717) is 17.8 Å². The zero-order chi connectivity index (χ0) is 21.9. The van der Waals surface area contributed by atoms with E-state index >= 15 is 0 Å². The van der Waals surface area contributed by atoms with Gasteiger partial charge in [0.15, 0.2) is 0 Å². The molecule has 31 heavy (non-hydrogen) atoms. The van der Waals surface area contributed by atoms with E-state index in [0.717, 1.165) is 23.6 Å². The first-order chi connectivity index (χ1) is 15.2. The monoisotopic (exact) mass is 418 g/mol. The molecule has 162 valence electrons. The molecule has 2 N–H and O–H groups in total. The van der Waals surface area contributed by atoms with Crippen molar-refractivity contribution in [1.82, 2.24) is 5.32 Å². The van der Waals surface area contributed by atoms with Crippen LogP contribution in [-0.2, 0) is 0 Å². The van der Waals surface area contributed by atoms with Crippen LogP contribution in [0.3, 0.4) is 0 Å². The van der Waals surface area contributed by atoms with Gasteiger partial charge in [-0.3, -0.25) is 4.79 Å². The van der Waals surface area contributed by atoms with E-state index in [4.69, 9.17) is 4.74 Å². The molecule has 5 nitrogen and oxygen atoms in total. The van der Waals surface area contributed by atoms with Crippen molar-refractivity contribution in [2.75, 3.05) is 11.9 Å². The van der Waals surface area contributed by atoms with Gasteiger partial charge in [-0.2, -0.15) is 0 Å². The van der Waals surface area contributed by atoms with Gasteiger partial charge in [-0.1, -0.05) is 81.5 Å². The number of carbonyl (C=O) groups excluding carboxylic acids is 2. The highest BCUT2D eigenvalue weighted by Gasteiger charge is 2.17. The summed E-state index contributed by atoms with van der Waals surface area (Å²) in [5, 5.41) is 7.46. The average Bonchev–Trinajstić information content (AvgIpc) is 2.78. The van der Waals surface area contributed by atoms with Gasteiger partial charge in [0, 0.05) is 12.2 Å². The first-order valence-corrected chi connectivity index (χ1v) is 11.0. The lowest BCUT2D eigenvalue weighted by atomic mass is 10.1. The van der Waals surface area contributed by atoms with Gasteiger partial charge in [0.05, 0.1) is 5.56 Å². The number of rotatable bonds is 10. The topological polar surface area (TPSA) is 67.4 Å². The molecule has 0 atom stereocenters. The molecule has 0 aromatic heterocycles. The van der Waals surface area contributed by atoms with Crippen molar-refractivity contribution in [3.05, 3.63) is 72.3 Å². The van der Waals surface area contributed by atoms with Gasteiger partial charge in [0.1, 0.15) is 5.75 Å². The number of nitrogens with one attached hydrogen (secondary N) is 2. The molecule has 0 bridgehead atoms. The molecule has 0 saturated carbocycles. The third kappa shape index (κ3) is 6.85. The van der Waals surface area contributed by atoms with E-state index in [1.165, 1.54) is 25.7 Å². The number of hydrogen-bond donors (Lipinski definition) is 2. The lowest BCUT2D eigenvalue weighted by Crippen LogP contribution is -2.28. The fourth-order valence-corrected chi connectivity index (χ4v) is 3.43. The number of ether oxygens (including phenoxy) is 1. The fraction of sp³-hybridized carbons (Fsp3) is 0.308. The normalized spacial score (nSPS) is 10.6. The molecule has 0 aliphatic heterocycles. The standard InChI is InChI=1S/C26H30N2O3/c1-2-3-4-5-6-12-17-27-26(30)31-24-19-21-14-11-10-13-20(21)18-23(24)25(29)28-22-15-8-7-9-16-22/h7-11,13-16,18-19H,2-6,12,17H2,1H3,(H,27,30)(H,28,29). The van der Waals surface area contributed by atoms with Crippen LogP contribution >= 0.6 is 0 Å². The summed E-state index contributed by atoms with van der Waals surface area (Å²) in [4.78, 5) is 25.3. The molecule has 0 spiro atoms. The first kappa shape index (κ1) is 22.3. The maximum absolute atomic E-state index is 12.9. The molecule has 5 heteroatoms. The van der Waals surface area contributed by atoms with Crippen molar-refractivity contribution in [1.29, 1.82) is 0 Å². The molecule has 0 heterocycles. The summed E-state index contributed by atoms with van der Waals surface area (Å²) in [6.07, 6.45) is 6.34. The van der Waals surface area contributed by atoms with Gasteiger partial charge in [0.25, 0.3) is 5.91 Å². The molecule has 3 rings (SSSR count). The minimum absolute atomic E-state index is 0.243. The Bertz CT molecular complexity index is 1000. The second-order valence-electron chi connectivity index (χ2n) is 7.60. The molecule has 3 aromatic carbocycles. The van der Waals surface area contributed by atoms with Crippen molar-refractivity contribution in [3.63, 3.8) is 0 Å². The van der Waals surface area contributed by atoms with Gasteiger partial charge in [-0.15, -0.1) is 0 Å². The third-order valence-electron chi connectivity index (χ3n) is 5.13. The smallest absolute Gasteiger partial charge is 0.409 e. The third-order valence-corrected chi connectivity index (χ3v) is 5.13. The van der Waals surface area contributed by atoms with Crippen LogP contribution in [0.15, 0.2) is 66.7 Å². The summed E-state index contributed by atoms with van der Waals surface area (Å²) in [5.74, 6) is -0.0803. The van der Waals surface area contributed by atoms with Crippen LogP contribution in [-0.4, -0.2) is 18.5 Å². The van der Waals surface area contributed by atoms with Crippen LogP contribution in [0.5, 0.6) is 5.75 Å². The zero-order valence-corrected chi connectivity index (χ0v) is 18.0. The predicted octanol–water partition coefficient (Wildman–Crippen LogP) is 6.54. The Morgan fingerprint density at radius 1 is 0.806 bits per heavy atom. The van der Waals surface area contributed by atoms with Crippen molar-refractivity contribution < 1.29 is 14.3 Å². The highest BCUT2D eigenvalue weighted by molar-refractivity contribution is 6.09. The quantitative estimate of drug-likeness (QED) is 0.367. The number of amides is 2. The van der Waals surface area contributed by atoms with E-state index in [2.05, 4.69) is 17.6 Å². The number of benzene rings is 3. The van der Waals surface area contributed by atoms with E-state index in [1.807, 2.05) is 54.6 Å². The van der Waals surface area contributed by atoms with Crippen LogP contribution in [0.25, 0.3) is 10.8 Å². The van der Waals surface area contributed by atoms with Crippen LogP contribution in [0.2, 0.25) is 0 Å². The molecular weight excluding hydrogens is 388 g/mol. The second-order valence-corrected chi connectivity index (χ2v) is 7.60. The lowest BCUT2D eigenvalue weighted by molar-refractivity contribution is 0.102. The lowest BCUT2D eigenvalue weighted by Gasteiger charge is -2.13. The Morgan fingerprint density at radius 3 is 2.19 bits per heavy atom. The number of unbranched alkanes of at least 4 members (excludes halogenated alkanes) is 5. The highest BCUT2D eigenvalue weighted by Crippen LogP contribution is 2.27. The van der Waals surface area contributed by atoms with E-state index < -0.39 is 6.09 Å². The molecule has 0 aliphatic rings. The first-order valence-electron chi connectivity index (χ1n) is 11.0. The molecule has 0 radical (unpaired) electrons. The van der Waals surface area contributed by atoms with Crippen molar-refractivity contribution in [2.24, 2.45) is 0 Å². The Balaban J connectivity index is 1.67. The van der Waals surface area contributed by atoms with Gasteiger partial charge in [0.2, 0.25) is 0 Å². The average molecular weight is 419 g/mol. The van der Waals surface area contributed by atoms with Gasteiger partial charge >= 0.3 is 6.09 Å². The molecule has 0 unspecified atom stereocenters. The van der Waals surface area contributed by atoms with Crippen LogP contribution in [0.1, 0.15) is 55.8 Å². The fourth-order valence-electron chi connectivity index (χ4n) is 3.43. The molecule has 0 fully saturated rings. The molecule has 0 aliphatic carbocycles. The van der Waals surface area contributed by atoms with E-state index in [-0.39, 0.29) is 11.7 Å². The maximum Gasteiger partial charge on any atom is 0.412 e. The van der Waals surface area contributed by atoms with Crippen LogP contribution in [0, 0.1) is 0 Å². The van der Waals surface area contributed by atoms with Crippen LogP contribution < -0.4 is 15.4 Å². The Labute approximate surface area is 183 Å². The minimum Gasteiger partial charge on any atom is -0.409 e. The second kappa shape index (κ2) is 11.7. The summed E-state index contributed by atoms with van der Waals surface area (Å²) >= 11 is 0. The Kier molecular flexibility index (Phi) is 8.47. The number of fused-ring (bicyclic) bond motifs is 1. The van der Waals surface area contributed by atoms with Gasteiger partial charge in [-0.05, 0) is 41.5 Å². The summed E-state index contributed by atoms with van der Waals surface area (Å²) < 4.78 is 5.55. The summed E-state index contributed by atoms with van der Waals surface area (Å²) in [6, 6.07) is 20.4. The van der Waals surface area contributed by atoms with Gasteiger partial charge in [-0.25, -0.2) is 4.79 Å². The molecular formula is C26H30N2O3. The van der Waals surface area contributed by atoms with E-state index in [9.17, 15) is 9.59 Å². The van der Waals surface area contributed by atoms with Crippen molar-refractivity contribution in [3.8, 4) is 5.75 Å². The number of anilines is 1. The largest absolute Gasteiger partial charge is 0.412 e. The highest BCUT2D eigenvalue weighted by atomic mass is 16.6. The Hall–Kier alpha value is -3.34. The van der Waals surface area contributed by atoms with Crippen molar-refractivity contribution >= 4 is 28.5 Å². The predicted molar refractivity (Wildman–Crippen MR) is 126 cm³/mol. The SMILES string of the molecule is CCCCCCCCNC(=O)Oc1cc2ccccc2cc1C(=O)Nc1ccccc1. The zero-order valence-electron chi connectivity index (χ0n) is 18.0. The number of carbonyl (C=O) groups is 2. The molecule has 3 aromatic rings. The molecule has 2 amide bonds. The summed E-state index contributed by atoms with van der Waals surface area (Å²) in [5.41, 5.74) is 0.997. The Morgan fingerprint density at radius 2 is 1.45 bits per heavy atom. The van der Waals surface area contributed by atoms with Crippen molar-refractivity contribution in [2.45, 2.75) is 45.4 Å². The molecule has 0 saturated heterocycles. The maximum atomic E-state index is 12.9. The summed E-state index contributed by atoms with van der Waals surface area (Å²) in [7, 11) is 0. The van der Waals surface area contributed by atoms with E-state index in [1.54, 1.807) is 12.1 Å². The minimum atomic E-state index is -0.544. The van der Waals surface area contributed by atoms with Gasteiger partial charge < -0.3 is 15.4 Å².